The Kier molecular flexibility index (Phi) is 4.69. The summed E-state index contributed by atoms with van der Waals surface area (Å²) < 4.78 is 0. The third-order valence-electron chi connectivity index (χ3n) is 4.01. The van der Waals surface area contributed by atoms with Crippen LogP contribution >= 0.6 is 0 Å². The van der Waals surface area contributed by atoms with Gasteiger partial charge in [-0.15, -0.1) is 0 Å². The standard InChI is InChI=1S/C17H18N4O3/c22-16(10-13-4-2-1-3-5-13)21-8-6-20(7-9-21)15-12-18-14(11-19-15)17(23)24/h1-5,11-12H,6-10H2,(H,23,24). The molecule has 24 heavy (non-hydrogen) atoms. The van der Waals surface area contributed by atoms with Crippen molar-refractivity contribution in [2.45, 2.75) is 6.42 Å². The molecule has 1 N–H and O–H groups in total. The van der Waals surface area contributed by atoms with Crippen LogP contribution in [0.2, 0.25) is 0 Å². The molecule has 1 aromatic carbocycles. The number of hydrogen-bond acceptors (Lipinski definition) is 5. The first kappa shape index (κ1) is 15.9. The predicted molar refractivity (Wildman–Crippen MR) is 87.9 cm³/mol. The first-order valence-corrected chi connectivity index (χ1v) is 7.75. The number of carbonyl (C=O) groups excluding carboxylic acids is 1. The zero-order valence-corrected chi connectivity index (χ0v) is 13.1. The Morgan fingerprint density at radius 3 is 2.29 bits per heavy atom. The number of aromatic nitrogens is 2. The number of carbonyl (C=O) groups is 2. The van der Waals surface area contributed by atoms with E-state index in [2.05, 4.69) is 9.97 Å². The van der Waals surface area contributed by atoms with Gasteiger partial charge in [-0.2, -0.15) is 0 Å². The van der Waals surface area contributed by atoms with Gasteiger partial charge in [0, 0.05) is 26.2 Å². The Labute approximate surface area is 139 Å². The van der Waals surface area contributed by atoms with Crippen molar-refractivity contribution < 1.29 is 14.7 Å². The molecule has 0 unspecified atom stereocenters. The molecule has 0 aliphatic carbocycles. The SMILES string of the molecule is O=C(O)c1cnc(N2CCN(C(=O)Cc3ccccc3)CC2)cn1. The summed E-state index contributed by atoms with van der Waals surface area (Å²) in [4.78, 5) is 35.0. The lowest BCUT2D eigenvalue weighted by Gasteiger charge is -2.35. The van der Waals surface area contributed by atoms with Crippen molar-refractivity contribution >= 4 is 17.7 Å². The first-order chi connectivity index (χ1) is 11.6. The molecule has 3 rings (SSSR count). The Bertz CT molecular complexity index is 710. The average Bonchev–Trinajstić information content (AvgIpc) is 2.63. The third-order valence-corrected chi connectivity index (χ3v) is 4.01. The maximum atomic E-state index is 12.3. The molecule has 2 aromatic rings. The van der Waals surface area contributed by atoms with E-state index in [0.717, 1.165) is 5.56 Å². The fraction of sp³-hybridized carbons (Fsp3) is 0.294. The second kappa shape index (κ2) is 7.08. The fourth-order valence-electron chi connectivity index (χ4n) is 2.66. The van der Waals surface area contributed by atoms with Crippen LogP contribution in [0.5, 0.6) is 0 Å². The predicted octanol–water partition coefficient (Wildman–Crippen LogP) is 1.07. The van der Waals surface area contributed by atoms with E-state index in [-0.39, 0.29) is 11.6 Å². The van der Waals surface area contributed by atoms with Gasteiger partial charge < -0.3 is 14.9 Å². The van der Waals surface area contributed by atoms with Crippen LogP contribution in [0.4, 0.5) is 5.82 Å². The Hall–Kier alpha value is -2.96. The van der Waals surface area contributed by atoms with Gasteiger partial charge in [0.15, 0.2) is 5.69 Å². The summed E-state index contributed by atoms with van der Waals surface area (Å²) >= 11 is 0. The maximum absolute atomic E-state index is 12.3. The van der Waals surface area contributed by atoms with Gasteiger partial charge in [0.1, 0.15) is 5.82 Å². The van der Waals surface area contributed by atoms with Crippen molar-refractivity contribution in [3.8, 4) is 0 Å². The fourth-order valence-corrected chi connectivity index (χ4v) is 2.66. The van der Waals surface area contributed by atoms with E-state index in [1.807, 2.05) is 40.1 Å². The van der Waals surface area contributed by atoms with E-state index in [4.69, 9.17) is 5.11 Å². The summed E-state index contributed by atoms with van der Waals surface area (Å²) in [6.07, 6.45) is 3.13. The molecule has 0 bridgehead atoms. The Morgan fingerprint density at radius 2 is 1.71 bits per heavy atom. The third kappa shape index (κ3) is 3.68. The van der Waals surface area contributed by atoms with E-state index in [1.165, 1.54) is 12.4 Å². The number of aromatic carboxylic acids is 1. The molecule has 1 fully saturated rings. The minimum Gasteiger partial charge on any atom is -0.476 e. The Balaban J connectivity index is 1.55. The molecule has 7 nitrogen and oxygen atoms in total. The summed E-state index contributed by atoms with van der Waals surface area (Å²) in [6.45, 7) is 2.55. The van der Waals surface area contributed by atoms with Gasteiger partial charge in [-0.25, -0.2) is 14.8 Å². The van der Waals surface area contributed by atoms with Crippen molar-refractivity contribution in [2.24, 2.45) is 0 Å². The Morgan fingerprint density at radius 1 is 1.00 bits per heavy atom. The summed E-state index contributed by atoms with van der Waals surface area (Å²) in [5.41, 5.74) is 0.940. The van der Waals surface area contributed by atoms with Crippen LogP contribution in [-0.2, 0) is 11.2 Å². The summed E-state index contributed by atoms with van der Waals surface area (Å²) in [5, 5.41) is 8.84. The molecule has 0 radical (unpaired) electrons. The van der Waals surface area contributed by atoms with Gasteiger partial charge in [-0.3, -0.25) is 4.79 Å². The van der Waals surface area contributed by atoms with Gasteiger partial charge in [0.2, 0.25) is 5.91 Å². The lowest BCUT2D eigenvalue weighted by atomic mass is 10.1. The molecule has 1 aliphatic rings. The first-order valence-electron chi connectivity index (χ1n) is 7.75. The second-order valence-corrected chi connectivity index (χ2v) is 5.60. The molecule has 124 valence electrons. The van der Waals surface area contributed by atoms with Gasteiger partial charge in [0.25, 0.3) is 0 Å². The number of carboxylic acid groups (broad SMARTS) is 1. The highest BCUT2D eigenvalue weighted by molar-refractivity contribution is 5.85. The number of nitrogens with zero attached hydrogens (tertiary/aromatic N) is 4. The molecule has 1 aromatic heterocycles. The topological polar surface area (TPSA) is 86.6 Å². The van der Waals surface area contributed by atoms with E-state index < -0.39 is 5.97 Å². The van der Waals surface area contributed by atoms with Gasteiger partial charge in [0.05, 0.1) is 18.8 Å². The van der Waals surface area contributed by atoms with E-state index in [9.17, 15) is 9.59 Å². The van der Waals surface area contributed by atoms with E-state index in [0.29, 0.717) is 38.4 Å². The number of hydrogen-bond donors (Lipinski definition) is 1. The molecule has 1 amide bonds. The summed E-state index contributed by atoms with van der Waals surface area (Å²) in [7, 11) is 0. The van der Waals surface area contributed by atoms with Crippen molar-refractivity contribution in [1.29, 1.82) is 0 Å². The number of rotatable bonds is 4. The number of piperazine rings is 1. The summed E-state index contributed by atoms with van der Waals surface area (Å²) in [6, 6.07) is 9.70. The number of anilines is 1. The number of amides is 1. The van der Waals surface area contributed by atoms with Crippen LogP contribution in [0.15, 0.2) is 42.7 Å². The largest absolute Gasteiger partial charge is 0.476 e. The minimum atomic E-state index is -1.09. The minimum absolute atomic E-state index is 0.0737. The molecule has 2 heterocycles. The summed E-state index contributed by atoms with van der Waals surface area (Å²) in [5.74, 6) is -0.339. The molecule has 1 aliphatic heterocycles. The van der Waals surface area contributed by atoms with Crippen LogP contribution in [-0.4, -0.2) is 58.0 Å². The zero-order valence-electron chi connectivity index (χ0n) is 13.1. The molecule has 0 spiro atoms. The van der Waals surface area contributed by atoms with Gasteiger partial charge >= 0.3 is 5.97 Å². The number of benzene rings is 1. The van der Waals surface area contributed by atoms with Crippen molar-refractivity contribution in [1.82, 2.24) is 14.9 Å². The van der Waals surface area contributed by atoms with Gasteiger partial charge in [-0.05, 0) is 5.56 Å². The molecular formula is C17H18N4O3. The smallest absolute Gasteiger partial charge is 0.356 e. The second-order valence-electron chi connectivity index (χ2n) is 5.60. The van der Waals surface area contributed by atoms with Crippen molar-refractivity contribution in [3.63, 3.8) is 0 Å². The van der Waals surface area contributed by atoms with Crippen LogP contribution in [0, 0.1) is 0 Å². The molecular weight excluding hydrogens is 308 g/mol. The van der Waals surface area contributed by atoms with Crippen molar-refractivity contribution in [3.05, 3.63) is 54.0 Å². The monoisotopic (exact) mass is 326 g/mol. The van der Waals surface area contributed by atoms with Crippen LogP contribution in [0.3, 0.4) is 0 Å². The van der Waals surface area contributed by atoms with Gasteiger partial charge in [-0.1, -0.05) is 30.3 Å². The molecule has 0 atom stereocenters. The van der Waals surface area contributed by atoms with Crippen LogP contribution < -0.4 is 4.90 Å². The average molecular weight is 326 g/mol. The molecule has 1 saturated heterocycles. The van der Waals surface area contributed by atoms with Crippen LogP contribution in [0.1, 0.15) is 16.1 Å². The normalized spacial score (nSPS) is 14.5. The zero-order chi connectivity index (χ0) is 16.9. The molecule has 7 heteroatoms. The maximum Gasteiger partial charge on any atom is 0.356 e. The highest BCUT2D eigenvalue weighted by Gasteiger charge is 2.22. The highest BCUT2D eigenvalue weighted by Crippen LogP contribution is 2.13. The van der Waals surface area contributed by atoms with E-state index in [1.54, 1.807) is 0 Å². The highest BCUT2D eigenvalue weighted by atomic mass is 16.4. The van der Waals surface area contributed by atoms with Crippen molar-refractivity contribution in [2.75, 3.05) is 31.1 Å². The van der Waals surface area contributed by atoms with Crippen LogP contribution in [0.25, 0.3) is 0 Å². The number of carboxylic acids is 1. The molecule has 0 saturated carbocycles. The van der Waals surface area contributed by atoms with E-state index >= 15 is 0 Å². The quantitative estimate of drug-likeness (QED) is 0.904. The lowest BCUT2D eigenvalue weighted by Crippen LogP contribution is -2.49. The lowest BCUT2D eigenvalue weighted by molar-refractivity contribution is -0.130.